The lowest BCUT2D eigenvalue weighted by atomic mass is 10.1. The van der Waals surface area contributed by atoms with Gasteiger partial charge in [-0.15, -0.1) is 0 Å². The molecular weight excluding hydrogens is 390 g/mol. The summed E-state index contributed by atoms with van der Waals surface area (Å²) < 4.78 is 19.3. The summed E-state index contributed by atoms with van der Waals surface area (Å²) >= 11 is 0. The molecule has 0 saturated carbocycles. The van der Waals surface area contributed by atoms with Crippen molar-refractivity contribution in [3.63, 3.8) is 0 Å². The maximum Gasteiger partial charge on any atom is 0.161 e. The first kappa shape index (κ1) is 21.4. The first-order valence-corrected chi connectivity index (χ1v) is 10.9. The summed E-state index contributed by atoms with van der Waals surface area (Å²) in [6.45, 7) is 4.18. The summed E-state index contributed by atoms with van der Waals surface area (Å²) in [5.41, 5.74) is 3.51. The standard InChI is InChI=1S/C25H31N3O3/c1-27-21(13-16-30-24-11-7-6-10-23(24)29-2)18-22(26-27)25-19-28(15-17-31-25)14-12-20-8-4-3-5-9-20/h3-11,18,25H,12-17,19H2,1-2H3. The smallest absolute Gasteiger partial charge is 0.161 e. The Kier molecular flexibility index (Phi) is 7.22. The molecule has 0 amide bonds. The van der Waals surface area contributed by atoms with Crippen LogP contribution < -0.4 is 9.47 Å². The minimum atomic E-state index is 0.0135. The van der Waals surface area contributed by atoms with E-state index >= 15 is 0 Å². The van der Waals surface area contributed by atoms with E-state index in [9.17, 15) is 0 Å². The van der Waals surface area contributed by atoms with E-state index in [4.69, 9.17) is 19.3 Å². The van der Waals surface area contributed by atoms with Gasteiger partial charge in [0.15, 0.2) is 11.5 Å². The van der Waals surface area contributed by atoms with Gasteiger partial charge in [-0.2, -0.15) is 5.10 Å². The van der Waals surface area contributed by atoms with Crippen LogP contribution in [0.1, 0.15) is 23.1 Å². The number of hydrogen-bond acceptors (Lipinski definition) is 5. The molecule has 1 aromatic heterocycles. The summed E-state index contributed by atoms with van der Waals surface area (Å²) in [6.07, 6.45) is 1.84. The highest BCUT2D eigenvalue weighted by molar-refractivity contribution is 5.39. The van der Waals surface area contributed by atoms with E-state index in [1.807, 2.05) is 36.0 Å². The van der Waals surface area contributed by atoms with Crippen molar-refractivity contribution >= 4 is 0 Å². The normalized spacial score (nSPS) is 16.9. The number of nitrogens with zero attached hydrogens (tertiary/aromatic N) is 3. The highest BCUT2D eigenvalue weighted by atomic mass is 16.5. The van der Waals surface area contributed by atoms with E-state index in [2.05, 4.69) is 41.3 Å². The molecule has 4 rings (SSSR count). The highest BCUT2D eigenvalue weighted by Crippen LogP contribution is 2.26. The molecule has 1 aliphatic heterocycles. The van der Waals surface area contributed by atoms with Crippen LogP contribution in [-0.4, -0.2) is 54.6 Å². The van der Waals surface area contributed by atoms with Crippen molar-refractivity contribution < 1.29 is 14.2 Å². The molecule has 6 nitrogen and oxygen atoms in total. The zero-order chi connectivity index (χ0) is 21.5. The van der Waals surface area contributed by atoms with E-state index in [1.165, 1.54) is 5.56 Å². The SMILES string of the molecule is COc1ccccc1OCCc1cc(C2CN(CCc3ccccc3)CCO2)nn1C. The fraction of sp³-hybridized carbons (Fsp3) is 0.400. The Morgan fingerprint density at radius 3 is 2.61 bits per heavy atom. The second kappa shape index (κ2) is 10.5. The van der Waals surface area contributed by atoms with Crippen molar-refractivity contribution in [3.05, 3.63) is 77.6 Å². The van der Waals surface area contributed by atoms with Gasteiger partial charge in [0, 0.05) is 38.8 Å². The highest BCUT2D eigenvalue weighted by Gasteiger charge is 2.24. The van der Waals surface area contributed by atoms with Crippen molar-refractivity contribution in [1.82, 2.24) is 14.7 Å². The van der Waals surface area contributed by atoms with Crippen LogP contribution in [0, 0.1) is 0 Å². The van der Waals surface area contributed by atoms with Crippen LogP contribution in [0.5, 0.6) is 11.5 Å². The van der Waals surface area contributed by atoms with Gasteiger partial charge in [-0.25, -0.2) is 0 Å². The molecule has 0 aliphatic carbocycles. The first-order valence-electron chi connectivity index (χ1n) is 10.9. The van der Waals surface area contributed by atoms with Crippen LogP contribution in [0.25, 0.3) is 0 Å². The number of morpholine rings is 1. The van der Waals surface area contributed by atoms with Crippen molar-refractivity contribution in [2.75, 3.05) is 40.0 Å². The van der Waals surface area contributed by atoms with E-state index in [0.717, 1.165) is 62.0 Å². The third-order valence-corrected chi connectivity index (χ3v) is 5.72. The van der Waals surface area contributed by atoms with Crippen molar-refractivity contribution in [2.45, 2.75) is 18.9 Å². The molecule has 0 N–H and O–H groups in total. The van der Waals surface area contributed by atoms with Crippen LogP contribution >= 0.6 is 0 Å². The molecule has 3 aromatic rings. The number of aryl methyl sites for hydroxylation is 1. The predicted octanol–water partition coefficient (Wildman–Crippen LogP) is 3.67. The maximum absolute atomic E-state index is 6.05. The zero-order valence-corrected chi connectivity index (χ0v) is 18.4. The van der Waals surface area contributed by atoms with Crippen molar-refractivity contribution in [2.24, 2.45) is 7.05 Å². The molecule has 1 unspecified atom stereocenters. The monoisotopic (exact) mass is 421 g/mol. The third-order valence-electron chi connectivity index (χ3n) is 5.72. The fourth-order valence-corrected chi connectivity index (χ4v) is 3.94. The van der Waals surface area contributed by atoms with Crippen LogP contribution in [-0.2, 0) is 24.6 Å². The third kappa shape index (κ3) is 5.66. The summed E-state index contributed by atoms with van der Waals surface area (Å²) in [7, 11) is 3.64. The van der Waals surface area contributed by atoms with E-state index < -0.39 is 0 Å². The second-order valence-corrected chi connectivity index (χ2v) is 7.83. The maximum atomic E-state index is 6.05. The largest absolute Gasteiger partial charge is 0.493 e. The summed E-state index contributed by atoms with van der Waals surface area (Å²) in [6, 6.07) is 20.5. The molecule has 0 spiro atoms. The summed E-state index contributed by atoms with van der Waals surface area (Å²) in [5.74, 6) is 1.51. The van der Waals surface area contributed by atoms with Crippen molar-refractivity contribution in [3.8, 4) is 11.5 Å². The number of hydrogen-bond donors (Lipinski definition) is 0. The molecule has 0 radical (unpaired) electrons. The molecular formula is C25H31N3O3. The van der Waals surface area contributed by atoms with E-state index in [-0.39, 0.29) is 6.10 Å². The van der Waals surface area contributed by atoms with Gasteiger partial charge in [0.25, 0.3) is 0 Å². The number of para-hydroxylation sites is 2. The van der Waals surface area contributed by atoms with Gasteiger partial charge in [0.2, 0.25) is 0 Å². The Bertz CT molecular complexity index is 958. The number of ether oxygens (including phenoxy) is 3. The Balaban J connectivity index is 1.31. The molecule has 2 heterocycles. The average Bonchev–Trinajstić information content (AvgIpc) is 3.19. The van der Waals surface area contributed by atoms with Gasteiger partial charge in [-0.05, 0) is 30.2 Å². The average molecular weight is 422 g/mol. The summed E-state index contributed by atoms with van der Waals surface area (Å²) in [5, 5.41) is 4.73. The van der Waals surface area contributed by atoms with Crippen LogP contribution in [0.2, 0.25) is 0 Å². The molecule has 164 valence electrons. The number of methoxy groups -OCH3 is 1. The molecule has 1 saturated heterocycles. The van der Waals surface area contributed by atoms with Gasteiger partial charge in [-0.3, -0.25) is 9.58 Å². The molecule has 2 aromatic carbocycles. The molecule has 1 fully saturated rings. The molecule has 31 heavy (non-hydrogen) atoms. The van der Waals surface area contributed by atoms with Crippen LogP contribution in [0.15, 0.2) is 60.7 Å². The number of aromatic nitrogens is 2. The first-order chi connectivity index (χ1) is 15.2. The fourth-order valence-electron chi connectivity index (χ4n) is 3.94. The minimum absolute atomic E-state index is 0.0135. The molecule has 0 bridgehead atoms. The molecule has 1 atom stereocenters. The lowest BCUT2D eigenvalue weighted by molar-refractivity contribution is -0.0318. The molecule has 6 heteroatoms. The van der Waals surface area contributed by atoms with Gasteiger partial charge < -0.3 is 14.2 Å². The lowest BCUT2D eigenvalue weighted by Gasteiger charge is -2.32. The molecule has 1 aliphatic rings. The van der Waals surface area contributed by atoms with E-state index in [1.54, 1.807) is 7.11 Å². The topological polar surface area (TPSA) is 48.8 Å². The summed E-state index contributed by atoms with van der Waals surface area (Å²) in [4.78, 5) is 2.47. The van der Waals surface area contributed by atoms with E-state index in [0.29, 0.717) is 6.61 Å². The zero-order valence-electron chi connectivity index (χ0n) is 18.4. The Hall–Kier alpha value is -2.83. The van der Waals surface area contributed by atoms with Gasteiger partial charge in [0.1, 0.15) is 6.10 Å². The van der Waals surface area contributed by atoms with Crippen LogP contribution in [0.4, 0.5) is 0 Å². The number of rotatable bonds is 9. The Morgan fingerprint density at radius 2 is 1.81 bits per heavy atom. The minimum Gasteiger partial charge on any atom is -0.493 e. The second-order valence-electron chi connectivity index (χ2n) is 7.83. The van der Waals surface area contributed by atoms with Crippen LogP contribution in [0.3, 0.4) is 0 Å². The number of benzene rings is 2. The Morgan fingerprint density at radius 1 is 1.03 bits per heavy atom. The van der Waals surface area contributed by atoms with Gasteiger partial charge in [0.05, 0.1) is 26.0 Å². The Labute approximate surface area is 184 Å². The van der Waals surface area contributed by atoms with Gasteiger partial charge >= 0.3 is 0 Å². The lowest BCUT2D eigenvalue weighted by Crippen LogP contribution is -2.39. The van der Waals surface area contributed by atoms with Crippen molar-refractivity contribution in [1.29, 1.82) is 0 Å². The quantitative estimate of drug-likeness (QED) is 0.528. The van der Waals surface area contributed by atoms with Gasteiger partial charge in [-0.1, -0.05) is 42.5 Å². The predicted molar refractivity (Wildman–Crippen MR) is 121 cm³/mol.